The van der Waals surface area contributed by atoms with E-state index in [9.17, 15) is 0 Å². The van der Waals surface area contributed by atoms with Crippen LogP contribution < -0.4 is 10.1 Å². The highest BCUT2D eigenvalue weighted by atomic mass is 35.5. The van der Waals surface area contributed by atoms with Gasteiger partial charge in [-0.15, -0.1) is 0 Å². The Balaban J connectivity index is 2.12. The molecule has 0 aliphatic carbocycles. The minimum atomic E-state index is 0.206. The Morgan fingerprint density at radius 2 is 1.86 bits per heavy atom. The maximum absolute atomic E-state index is 6.26. The Labute approximate surface area is 136 Å². The Bertz CT molecular complexity index is 628. The summed E-state index contributed by atoms with van der Waals surface area (Å²) in [6.07, 6.45) is 0.839. The Morgan fingerprint density at radius 1 is 1.14 bits per heavy atom. The second kappa shape index (κ2) is 7.06. The first kappa shape index (κ1) is 16.0. The third-order valence-electron chi connectivity index (χ3n) is 3.37. The van der Waals surface area contributed by atoms with E-state index in [1.807, 2.05) is 37.3 Å². The normalized spacial score (nSPS) is 12.0. The van der Waals surface area contributed by atoms with E-state index in [1.165, 1.54) is 0 Å². The molecule has 0 bridgehead atoms. The first-order valence-corrected chi connectivity index (χ1v) is 7.61. The average Bonchev–Trinajstić information content (AvgIpc) is 2.45. The average molecular weight is 324 g/mol. The summed E-state index contributed by atoms with van der Waals surface area (Å²) in [6, 6.07) is 12.0. The number of nitrogens with one attached hydrogen (secondary N) is 1. The van der Waals surface area contributed by atoms with Crippen molar-refractivity contribution < 1.29 is 4.74 Å². The van der Waals surface area contributed by atoms with Crippen molar-refractivity contribution in [3.63, 3.8) is 0 Å². The summed E-state index contributed by atoms with van der Waals surface area (Å²) in [5.74, 6) is 0.902. The Morgan fingerprint density at radius 3 is 2.57 bits per heavy atom. The van der Waals surface area contributed by atoms with Gasteiger partial charge in [0.05, 0.1) is 17.8 Å². The number of hydrogen-bond acceptors (Lipinski definition) is 2. The molecule has 0 aliphatic rings. The van der Waals surface area contributed by atoms with Gasteiger partial charge in [0, 0.05) is 11.1 Å². The SMILES string of the molecule is COc1ccccc1CC(C)Nc1cc(Cl)c(C)cc1Cl. The van der Waals surface area contributed by atoms with Crippen LogP contribution in [0.5, 0.6) is 5.75 Å². The summed E-state index contributed by atoms with van der Waals surface area (Å²) >= 11 is 12.4. The lowest BCUT2D eigenvalue weighted by Crippen LogP contribution is -2.18. The Hall–Kier alpha value is -1.38. The molecule has 112 valence electrons. The zero-order valence-electron chi connectivity index (χ0n) is 12.4. The molecule has 1 N–H and O–H groups in total. The number of anilines is 1. The number of rotatable bonds is 5. The van der Waals surface area contributed by atoms with Crippen LogP contribution in [-0.4, -0.2) is 13.2 Å². The highest BCUT2D eigenvalue weighted by molar-refractivity contribution is 6.35. The van der Waals surface area contributed by atoms with Gasteiger partial charge in [0.1, 0.15) is 5.75 Å². The second-order valence-corrected chi connectivity index (χ2v) is 5.96. The van der Waals surface area contributed by atoms with Gasteiger partial charge in [0.15, 0.2) is 0 Å². The number of hydrogen-bond donors (Lipinski definition) is 1. The lowest BCUT2D eigenvalue weighted by Gasteiger charge is -2.18. The molecule has 2 aromatic rings. The summed E-state index contributed by atoms with van der Waals surface area (Å²) in [4.78, 5) is 0. The number of aryl methyl sites for hydroxylation is 1. The van der Waals surface area contributed by atoms with Gasteiger partial charge in [-0.1, -0.05) is 41.4 Å². The Kier molecular flexibility index (Phi) is 5.38. The molecule has 2 aromatic carbocycles. The van der Waals surface area contributed by atoms with E-state index in [2.05, 4.69) is 18.3 Å². The van der Waals surface area contributed by atoms with Crippen LogP contribution in [0.4, 0.5) is 5.69 Å². The molecule has 0 aromatic heterocycles. The van der Waals surface area contributed by atoms with Crippen molar-refractivity contribution in [2.24, 2.45) is 0 Å². The van der Waals surface area contributed by atoms with Gasteiger partial charge in [-0.05, 0) is 49.6 Å². The zero-order chi connectivity index (χ0) is 15.4. The van der Waals surface area contributed by atoms with Crippen LogP contribution in [0.2, 0.25) is 10.0 Å². The van der Waals surface area contributed by atoms with Gasteiger partial charge in [-0.25, -0.2) is 0 Å². The van der Waals surface area contributed by atoms with Crippen molar-refractivity contribution in [1.82, 2.24) is 0 Å². The first-order valence-electron chi connectivity index (χ1n) is 6.85. The van der Waals surface area contributed by atoms with Crippen molar-refractivity contribution in [2.75, 3.05) is 12.4 Å². The van der Waals surface area contributed by atoms with Crippen LogP contribution in [0.1, 0.15) is 18.1 Å². The van der Waals surface area contributed by atoms with Crippen LogP contribution in [-0.2, 0) is 6.42 Å². The van der Waals surface area contributed by atoms with Crippen LogP contribution in [0.3, 0.4) is 0 Å². The molecule has 0 heterocycles. The largest absolute Gasteiger partial charge is 0.496 e. The van der Waals surface area contributed by atoms with Crippen LogP contribution in [0, 0.1) is 6.92 Å². The molecule has 0 fully saturated rings. The molecule has 2 rings (SSSR count). The zero-order valence-corrected chi connectivity index (χ0v) is 13.9. The lowest BCUT2D eigenvalue weighted by atomic mass is 10.1. The van der Waals surface area contributed by atoms with E-state index in [1.54, 1.807) is 7.11 Å². The summed E-state index contributed by atoms with van der Waals surface area (Å²) in [5.41, 5.74) is 2.99. The molecule has 2 nitrogen and oxygen atoms in total. The maximum Gasteiger partial charge on any atom is 0.122 e. The van der Waals surface area contributed by atoms with Gasteiger partial charge in [-0.2, -0.15) is 0 Å². The van der Waals surface area contributed by atoms with E-state index in [4.69, 9.17) is 27.9 Å². The quantitative estimate of drug-likeness (QED) is 0.800. The number of benzene rings is 2. The predicted molar refractivity (Wildman–Crippen MR) is 91.0 cm³/mol. The first-order chi connectivity index (χ1) is 10.0. The third kappa shape index (κ3) is 4.05. The number of halogens is 2. The lowest BCUT2D eigenvalue weighted by molar-refractivity contribution is 0.409. The molecular formula is C17H19Cl2NO. The number of para-hydroxylation sites is 1. The number of methoxy groups -OCH3 is 1. The molecule has 4 heteroatoms. The molecule has 21 heavy (non-hydrogen) atoms. The summed E-state index contributed by atoms with van der Waals surface area (Å²) in [5, 5.41) is 4.80. The highest BCUT2D eigenvalue weighted by Gasteiger charge is 2.11. The van der Waals surface area contributed by atoms with E-state index >= 15 is 0 Å². The highest BCUT2D eigenvalue weighted by Crippen LogP contribution is 2.30. The fraction of sp³-hybridized carbons (Fsp3) is 0.294. The van der Waals surface area contributed by atoms with Crippen molar-refractivity contribution in [2.45, 2.75) is 26.3 Å². The fourth-order valence-electron chi connectivity index (χ4n) is 2.27. The summed E-state index contributed by atoms with van der Waals surface area (Å²) in [7, 11) is 1.69. The van der Waals surface area contributed by atoms with E-state index in [-0.39, 0.29) is 6.04 Å². The minimum absolute atomic E-state index is 0.206. The van der Waals surface area contributed by atoms with Gasteiger partial charge < -0.3 is 10.1 Å². The van der Waals surface area contributed by atoms with Gasteiger partial charge in [0.2, 0.25) is 0 Å². The second-order valence-electron chi connectivity index (χ2n) is 5.14. The van der Waals surface area contributed by atoms with Gasteiger partial charge >= 0.3 is 0 Å². The van der Waals surface area contributed by atoms with Crippen molar-refractivity contribution in [1.29, 1.82) is 0 Å². The van der Waals surface area contributed by atoms with Crippen molar-refractivity contribution in [3.05, 3.63) is 57.6 Å². The molecule has 0 aliphatic heterocycles. The third-order valence-corrected chi connectivity index (χ3v) is 4.09. The number of ether oxygens (including phenoxy) is 1. The maximum atomic E-state index is 6.26. The molecule has 0 saturated carbocycles. The predicted octanol–water partition coefficient (Wildman–Crippen LogP) is 5.35. The standard InChI is InChI=1S/C17H19Cl2NO/c1-11-8-15(19)16(10-14(11)18)20-12(2)9-13-6-4-5-7-17(13)21-3/h4-8,10,12,20H,9H2,1-3H3. The van der Waals surface area contributed by atoms with Gasteiger partial charge in [0.25, 0.3) is 0 Å². The summed E-state index contributed by atoms with van der Waals surface area (Å²) in [6.45, 7) is 4.05. The van der Waals surface area contributed by atoms with Crippen molar-refractivity contribution >= 4 is 28.9 Å². The van der Waals surface area contributed by atoms with Crippen LogP contribution >= 0.6 is 23.2 Å². The van der Waals surface area contributed by atoms with E-state index in [0.717, 1.165) is 29.0 Å². The van der Waals surface area contributed by atoms with E-state index < -0.39 is 0 Å². The smallest absolute Gasteiger partial charge is 0.122 e. The molecule has 1 unspecified atom stereocenters. The molecular weight excluding hydrogens is 305 g/mol. The van der Waals surface area contributed by atoms with E-state index in [0.29, 0.717) is 10.0 Å². The fourth-order valence-corrected chi connectivity index (χ4v) is 2.71. The monoisotopic (exact) mass is 323 g/mol. The molecule has 0 saturated heterocycles. The summed E-state index contributed by atoms with van der Waals surface area (Å²) < 4.78 is 5.38. The molecule has 0 spiro atoms. The van der Waals surface area contributed by atoms with Gasteiger partial charge in [-0.3, -0.25) is 0 Å². The van der Waals surface area contributed by atoms with Crippen LogP contribution in [0.15, 0.2) is 36.4 Å². The van der Waals surface area contributed by atoms with Crippen LogP contribution in [0.25, 0.3) is 0 Å². The molecule has 0 radical (unpaired) electrons. The van der Waals surface area contributed by atoms with Crippen molar-refractivity contribution in [3.8, 4) is 5.75 Å². The molecule has 0 amide bonds. The topological polar surface area (TPSA) is 21.3 Å². The minimum Gasteiger partial charge on any atom is -0.496 e. The molecule has 1 atom stereocenters.